The molecule has 0 N–H and O–H groups in total. The predicted molar refractivity (Wildman–Crippen MR) is 120 cm³/mol. The molecule has 31 heavy (non-hydrogen) atoms. The van der Waals surface area contributed by atoms with Crippen LogP contribution in [0.15, 0.2) is 41.3 Å². The minimum absolute atomic E-state index is 0.270. The van der Waals surface area contributed by atoms with E-state index in [9.17, 15) is 9.18 Å². The van der Waals surface area contributed by atoms with Gasteiger partial charge in [0, 0.05) is 5.39 Å². The van der Waals surface area contributed by atoms with Gasteiger partial charge >= 0.3 is 7.12 Å². The standard InChI is InChI=1S/C24H26BFN2O3/c1-14-20(25-30-23(2,3)24(4,5)31-25)11-18(26)12-21(14)28-22(29)19-9-8-16(15-6-7-15)10-17(19)13-27-28/h8-13,15H,6-7H2,1-5H3. The van der Waals surface area contributed by atoms with Gasteiger partial charge in [-0.15, -0.1) is 0 Å². The zero-order valence-corrected chi connectivity index (χ0v) is 18.5. The Morgan fingerprint density at radius 3 is 2.42 bits per heavy atom. The van der Waals surface area contributed by atoms with Crippen molar-refractivity contribution >= 4 is 23.4 Å². The molecule has 0 amide bonds. The van der Waals surface area contributed by atoms with Crippen LogP contribution < -0.4 is 11.0 Å². The van der Waals surface area contributed by atoms with Crippen molar-refractivity contribution in [3.05, 3.63) is 63.8 Å². The summed E-state index contributed by atoms with van der Waals surface area (Å²) in [7, 11) is -0.725. The van der Waals surface area contributed by atoms with E-state index in [4.69, 9.17) is 9.31 Å². The molecule has 0 bridgehead atoms. The number of nitrogens with zero attached hydrogens (tertiary/aromatic N) is 2. The van der Waals surface area contributed by atoms with Crippen LogP contribution in [0.1, 0.15) is 57.6 Å². The summed E-state index contributed by atoms with van der Waals surface area (Å²) in [5.41, 5.74) is 1.53. The number of fused-ring (bicyclic) bond motifs is 1. The molecule has 160 valence electrons. The first kappa shape index (κ1) is 20.4. The molecule has 0 radical (unpaired) electrons. The van der Waals surface area contributed by atoms with E-state index in [0.717, 1.165) is 5.39 Å². The van der Waals surface area contributed by atoms with Gasteiger partial charge in [0.1, 0.15) is 5.82 Å². The first-order valence-electron chi connectivity index (χ1n) is 10.8. The van der Waals surface area contributed by atoms with E-state index in [2.05, 4.69) is 5.10 Å². The van der Waals surface area contributed by atoms with E-state index in [1.54, 1.807) is 6.20 Å². The van der Waals surface area contributed by atoms with Gasteiger partial charge in [-0.25, -0.2) is 4.39 Å². The highest BCUT2D eigenvalue weighted by atomic mass is 19.1. The molecule has 1 aliphatic heterocycles. The quantitative estimate of drug-likeness (QED) is 0.601. The summed E-state index contributed by atoms with van der Waals surface area (Å²) in [5, 5.41) is 5.76. The first-order valence-corrected chi connectivity index (χ1v) is 10.8. The van der Waals surface area contributed by atoms with Crippen LogP contribution in [-0.2, 0) is 9.31 Å². The molecule has 0 spiro atoms. The van der Waals surface area contributed by atoms with Crippen LogP contribution in [-0.4, -0.2) is 28.1 Å². The molecular weight excluding hydrogens is 394 g/mol. The highest BCUT2D eigenvalue weighted by molar-refractivity contribution is 6.62. The van der Waals surface area contributed by atoms with Gasteiger partial charge in [0.15, 0.2) is 0 Å². The molecule has 1 aromatic heterocycles. The average Bonchev–Trinajstić information content (AvgIpc) is 3.51. The lowest BCUT2D eigenvalue weighted by Gasteiger charge is -2.32. The Kier molecular flexibility index (Phi) is 4.44. The minimum atomic E-state index is -0.725. The molecule has 2 heterocycles. The van der Waals surface area contributed by atoms with Crippen LogP contribution in [0, 0.1) is 12.7 Å². The maximum absolute atomic E-state index is 14.7. The molecule has 2 aliphatic rings. The molecule has 2 aromatic carbocycles. The summed E-state index contributed by atoms with van der Waals surface area (Å²) in [4.78, 5) is 13.2. The summed E-state index contributed by atoms with van der Waals surface area (Å²) in [6.45, 7) is 9.65. The van der Waals surface area contributed by atoms with Crippen molar-refractivity contribution in [3.8, 4) is 5.69 Å². The van der Waals surface area contributed by atoms with Gasteiger partial charge in [-0.3, -0.25) is 4.79 Å². The zero-order valence-electron chi connectivity index (χ0n) is 18.5. The normalized spacial score (nSPS) is 19.9. The fourth-order valence-corrected chi connectivity index (χ4v) is 4.13. The summed E-state index contributed by atoms with van der Waals surface area (Å²) in [6, 6.07) is 8.66. The van der Waals surface area contributed by atoms with E-state index < -0.39 is 24.1 Å². The lowest BCUT2D eigenvalue weighted by Crippen LogP contribution is -2.41. The molecule has 0 atom stereocenters. The predicted octanol–water partition coefficient (Wildman–Crippen LogP) is 4.01. The molecule has 1 aliphatic carbocycles. The highest BCUT2D eigenvalue weighted by Crippen LogP contribution is 2.40. The van der Waals surface area contributed by atoms with Crippen molar-refractivity contribution in [1.29, 1.82) is 0 Å². The van der Waals surface area contributed by atoms with Crippen LogP contribution in [0.2, 0.25) is 0 Å². The smallest absolute Gasteiger partial charge is 0.399 e. The number of halogens is 1. The minimum Gasteiger partial charge on any atom is -0.399 e. The van der Waals surface area contributed by atoms with Gasteiger partial charge in [0.25, 0.3) is 5.56 Å². The monoisotopic (exact) mass is 420 g/mol. The fourth-order valence-electron chi connectivity index (χ4n) is 4.13. The largest absolute Gasteiger partial charge is 0.495 e. The molecule has 1 saturated heterocycles. The van der Waals surface area contributed by atoms with E-state index in [1.807, 2.05) is 52.8 Å². The molecule has 5 nitrogen and oxygen atoms in total. The molecule has 3 aromatic rings. The summed E-state index contributed by atoms with van der Waals surface area (Å²) >= 11 is 0. The molecular formula is C24H26BFN2O3. The second-order valence-electron chi connectivity index (χ2n) is 9.71. The van der Waals surface area contributed by atoms with Gasteiger partial charge in [-0.1, -0.05) is 6.07 Å². The number of hydrogen-bond donors (Lipinski definition) is 0. The van der Waals surface area contributed by atoms with Crippen LogP contribution in [0.5, 0.6) is 0 Å². The first-order chi connectivity index (χ1) is 14.6. The van der Waals surface area contributed by atoms with Gasteiger partial charge in [-0.2, -0.15) is 9.78 Å². The molecule has 7 heteroatoms. The van der Waals surface area contributed by atoms with Crippen molar-refractivity contribution in [2.45, 2.75) is 64.6 Å². The molecule has 5 rings (SSSR count). The third-order valence-corrected chi connectivity index (χ3v) is 6.98. The zero-order chi connectivity index (χ0) is 22.1. The Balaban J connectivity index is 1.61. The summed E-state index contributed by atoms with van der Waals surface area (Å²) < 4.78 is 28.2. The van der Waals surface area contributed by atoms with Crippen LogP contribution in [0.25, 0.3) is 16.5 Å². The van der Waals surface area contributed by atoms with Crippen molar-refractivity contribution in [3.63, 3.8) is 0 Å². The summed E-state index contributed by atoms with van der Waals surface area (Å²) in [6.07, 6.45) is 4.07. The Bertz CT molecular complexity index is 1250. The number of rotatable bonds is 3. The van der Waals surface area contributed by atoms with Crippen molar-refractivity contribution in [1.82, 2.24) is 9.78 Å². The second kappa shape index (κ2) is 6.74. The number of aromatic nitrogens is 2. The van der Waals surface area contributed by atoms with E-state index >= 15 is 0 Å². The van der Waals surface area contributed by atoms with E-state index in [-0.39, 0.29) is 5.56 Å². The van der Waals surface area contributed by atoms with E-state index in [1.165, 1.54) is 35.2 Å². The maximum Gasteiger partial charge on any atom is 0.495 e. The summed E-state index contributed by atoms with van der Waals surface area (Å²) in [5.74, 6) is 0.128. The Labute approximate surface area is 181 Å². The third-order valence-electron chi connectivity index (χ3n) is 6.98. The lowest BCUT2D eigenvalue weighted by molar-refractivity contribution is 0.00578. The van der Waals surface area contributed by atoms with Gasteiger partial charge < -0.3 is 9.31 Å². The van der Waals surface area contributed by atoms with Gasteiger partial charge in [0.05, 0.1) is 28.5 Å². The Morgan fingerprint density at radius 1 is 1.10 bits per heavy atom. The lowest BCUT2D eigenvalue weighted by atomic mass is 9.75. The Hall–Kier alpha value is -2.51. The molecule has 2 fully saturated rings. The van der Waals surface area contributed by atoms with Crippen LogP contribution in [0.3, 0.4) is 0 Å². The Morgan fingerprint density at radius 2 is 1.77 bits per heavy atom. The fraction of sp³-hybridized carbons (Fsp3) is 0.417. The topological polar surface area (TPSA) is 53.4 Å². The average molecular weight is 420 g/mol. The van der Waals surface area contributed by atoms with Crippen molar-refractivity contribution in [2.75, 3.05) is 0 Å². The van der Waals surface area contributed by atoms with Crippen LogP contribution >= 0.6 is 0 Å². The van der Waals surface area contributed by atoms with Crippen LogP contribution in [0.4, 0.5) is 4.39 Å². The maximum atomic E-state index is 14.7. The van der Waals surface area contributed by atoms with Gasteiger partial charge in [0.2, 0.25) is 0 Å². The number of benzene rings is 2. The molecule has 0 unspecified atom stereocenters. The number of hydrogen-bond acceptors (Lipinski definition) is 4. The SMILES string of the molecule is Cc1c(B2OC(C)(C)C(C)(C)O2)cc(F)cc1-n1ncc2cc(C3CC3)ccc2c1=O. The second-order valence-corrected chi connectivity index (χ2v) is 9.71. The van der Waals surface area contributed by atoms with Crippen molar-refractivity contribution in [2.24, 2.45) is 0 Å². The van der Waals surface area contributed by atoms with Gasteiger partial charge in [-0.05, 0) is 94.2 Å². The van der Waals surface area contributed by atoms with E-state index in [0.29, 0.717) is 28.0 Å². The third kappa shape index (κ3) is 3.31. The highest BCUT2D eigenvalue weighted by Gasteiger charge is 2.52. The van der Waals surface area contributed by atoms with Crippen molar-refractivity contribution < 1.29 is 13.7 Å². The molecule has 1 saturated carbocycles.